The number of H-pyrrole nitrogens is 1. The number of nitrogens with zero attached hydrogens (tertiary/aromatic N) is 2. The molecule has 7 nitrogen and oxygen atoms in total. The highest BCUT2D eigenvalue weighted by atomic mass is 32.2. The number of pyridine rings is 1. The monoisotopic (exact) mass is 492 g/mol. The van der Waals surface area contributed by atoms with E-state index in [1.165, 1.54) is 12.1 Å². The Morgan fingerprint density at radius 2 is 1.74 bits per heavy atom. The maximum absolute atomic E-state index is 13.9. The highest BCUT2D eigenvalue weighted by Crippen LogP contribution is 2.37. The Bertz CT molecular complexity index is 1770. The van der Waals surface area contributed by atoms with E-state index in [2.05, 4.69) is 14.3 Å². The maximum Gasteiger partial charge on any atom is 0.272 e. The summed E-state index contributed by atoms with van der Waals surface area (Å²) in [7, 11) is -1.69. The van der Waals surface area contributed by atoms with E-state index < -0.39 is 10.0 Å². The van der Waals surface area contributed by atoms with Crippen LogP contribution in [0.15, 0.2) is 59.8 Å². The smallest absolute Gasteiger partial charge is 0.272 e. The lowest BCUT2D eigenvalue weighted by Crippen LogP contribution is -2.10. The third kappa shape index (κ3) is 4.12. The van der Waals surface area contributed by atoms with E-state index in [0.29, 0.717) is 17.7 Å². The number of aryl methyl sites for hydroxylation is 3. The summed E-state index contributed by atoms with van der Waals surface area (Å²) in [6, 6.07) is 10.4. The van der Waals surface area contributed by atoms with Crippen molar-refractivity contribution in [3.05, 3.63) is 87.9 Å². The molecule has 0 radical (unpaired) electrons. The normalized spacial score (nSPS) is 12.0. The van der Waals surface area contributed by atoms with Crippen LogP contribution in [0.4, 0.5) is 10.1 Å². The van der Waals surface area contributed by atoms with Crippen molar-refractivity contribution in [1.29, 1.82) is 0 Å². The van der Waals surface area contributed by atoms with Crippen molar-refractivity contribution >= 4 is 37.5 Å². The molecule has 0 bridgehead atoms. The Morgan fingerprint density at radius 1 is 1.03 bits per heavy atom. The number of rotatable bonds is 5. The molecule has 0 saturated heterocycles. The third-order valence-corrected chi connectivity index (χ3v) is 6.95. The number of fused-ring (bicyclic) bond motifs is 2. The molecule has 0 unspecified atom stereocenters. The first-order valence-electron chi connectivity index (χ1n) is 11.1. The second kappa shape index (κ2) is 8.13. The molecule has 0 aliphatic carbocycles. The Hall–Kier alpha value is -3.85. The zero-order valence-electron chi connectivity index (χ0n) is 19.8. The number of aromatic amines is 1. The number of benzene rings is 2. The number of hydrogen-bond donors (Lipinski definition) is 2. The van der Waals surface area contributed by atoms with E-state index in [-0.39, 0.29) is 11.4 Å². The Morgan fingerprint density at radius 3 is 2.43 bits per heavy atom. The van der Waals surface area contributed by atoms with Gasteiger partial charge in [-0.3, -0.25) is 9.52 Å². The molecule has 9 heteroatoms. The van der Waals surface area contributed by atoms with Crippen LogP contribution in [0.2, 0.25) is 0 Å². The summed E-state index contributed by atoms with van der Waals surface area (Å²) in [5, 5.41) is 1.60. The van der Waals surface area contributed by atoms with Gasteiger partial charge >= 0.3 is 0 Å². The summed E-state index contributed by atoms with van der Waals surface area (Å²) in [6.45, 7) is 4.30. The predicted molar refractivity (Wildman–Crippen MR) is 138 cm³/mol. The van der Waals surface area contributed by atoms with E-state index in [4.69, 9.17) is 0 Å². The molecule has 0 spiro atoms. The van der Waals surface area contributed by atoms with Crippen molar-refractivity contribution in [3.8, 4) is 11.1 Å². The second-order valence-corrected chi connectivity index (χ2v) is 10.8. The first-order chi connectivity index (χ1) is 16.5. The highest BCUT2D eigenvalue weighted by Gasteiger charge is 2.19. The van der Waals surface area contributed by atoms with Crippen molar-refractivity contribution < 1.29 is 12.8 Å². The van der Waals surface area contributed by atoms with E-state index in [0.717, 1.165) is 50.4 Å². The van der Waals surface area contributed by atoms with Gasteiger partial charge in [0, 0.05) is 59.8 Å². The fourth-order valence-electron chi connectivity index (χ4n) is 4.90. The van der Waals surface area contributed by atoms with Crippen molar-refractivity contribution in [1.82, 2.24) is 14.1 Å². The summed E-state index contributed by atoms with van der Waals surface area (Å²) >= 11 is 0. The molecule has 0 aliphatic rings. The number of aromatic nitrogens is 3. The van der Waals surface area contributed by atoms with Crippen molar-refractivity contribution in [2.45, 2.75) is 20.4 Å². The van der Waals surface area contributed by atoms with Crippen LogP contribution >= 0.6 is 0 Å². The summed E-state index contributed by atoms with van der Waals surface area (Å²) in [4.78, 5) is 15.2. The van der Waals surface area contributed by atoms with E-state index in [1.807, 2.05) is 38.4 Å². The highest BCUT2D eigenvalue weighted by molar-refractivity contribution is 7.92. The van der Waals surface area contributed by atoms with Crippen molar-refractivity contribution in [2.75, 3.05) is 11.0 Å². The van der Waals surface area contributed by atoms with Crippen LogP contribution in [0.1, 0.15) is 16.7 Å². The molecular formula is C26H25FN4O3S. The van der Waals surface area contributed by atoms with E-state index >= 15 is 0 Å². The molecule has 3 heterocycles. The van der Waals surface area contributed by atoms with Crippen LogP contribution in [0, 0.1) is 19.7 Å². The molecule has 2 aromatic carbocycles. The minimum Gasteiger partial charge on any atom is -0.345 e. The van der Waals surface area contributed by atoms with Gasteiger partial charge < -0.3 is 14.1 Å². The largest absolute Gasteiger partial charge is 0.345 e. The number of halogens is 1. The zero-order valence-corrected chi connectivity index (χ0v) is 20.6. The average molecular weight is 493 g/mol. The molecule has 5 aromatic rings. The van der Waals surface area contributed by atoms with Crippen LogP contribution in [0.3, 0.4) is 0 Å². The molecule has 0 saturated carbocycles. The number of nitrogens with one attached hydrogen (secondary N) is 2. The van der Waals surface area contributed by atoms with Crippen molar-refractivity contribution in [3.63, 3.8) is 0 Å². The minimum atomic E-state index is -3.50. The van der Waals surface area contributed by atoms with Crippen molar-refractivity contribution in [2.24, 2.45) is 7.05 Å². The van der Waals surface area contributed by atoms with Crippen LogP contribution < -0.4 is 10.3 Å². The van der Waals surface area contributed by atoms with Crippen LogP contribution in [0.25, 0.3) is 32.9 Å². The van der Waals surface area contributed by atoms with Gasteiger partial charge in [0.05, 0.1) is 11.8 Å². The van der Waals surface area contributed by atoms with Gasteiger partial charge in [-0.1, -0.05) is 0 Å². The molecule has 0 fully saturated rings. The lowest BCUT2D eigenvalue weighted by Gasteiger charge is -2.15. The topological polar surface area (TPSA) is 88.9 Å². The number of sulfonamides is 1. The quantitative estimate of drug-likeness (QED) is 0.374. The van der Waals surface area contributed by atoms with Gasteiger partial charge in [0.1, 0.15) is 11.3 Å². The molecule has 0 amide bonds. The lowest BCUT2D eigenvalue weighted by atomic mass is 10.0. The molecule has 180 valence electrons. The molecular weight excluding hydrogens is 467 g/mol. The SMILES string of the molecule is Cc1cc(F)cc(C)c1Cn1ccc2cc(NS(C)(=O)=O)cc(-c3cn(C)c4c(=O)[nH]ccc34)c21. The molecule has 0 atom stereocenters. The van der Waals surface area contributed by atoms with E-state index in [1.54, 1.807) is 29.9 Å². The Kier molecular flexibility index (Phi) is 5.32. The molecule has 2 N–H and O–H groups in total. The van der Waals surface area contributed by atoms with Gasteiger partial charge in [-0.2, -0.15) is 0 Å². The summed E-state index contributed by atoms with van der Waals surface area (Å²) in [6.07, 6.45) is 6.54. The number of anilines is 1. The molecule has 5 rings (SSSR count). The second-order valence-electron chi connectivity index (χ2n) is 9.02. The van der Waals surface area contributed by atoms with E-state index in [9.17, 15) is 17.6 Å². The van der Waals surface area contributed by atoms with Crippen LogP contribution in [-0.2, 0) is 23.6 Å². The van der Waals surface area contributed by atoms with Crippen LogP contribution in [0.5, 0.6) is 0 Å². The Balaban J connectivity index is 1.80. The molecule has 0 aliphatic heterocycles. The third-order valence-electron chi connectivity index (χ3n) is 6.34. The predicted octanol–water partition coefficient (Wildman–Crippen LogP) is 4.66. The van der Waals surface area contributed by atoms with Gasteiger partial charge in [0.2, 0.25) is 10.0 Å². The number of hydrogen-bond acceptors (Lipinski definition) is 3. The first kappa shape index (κ1) is 22.9. The zero-order chi connectivity index (χ0) is 25.1. The Labute approximate surface area is 201 Å². The first-order valence-corrected chi connectivity index (χ1v) is 12.9. The van der Waals surface area contributed by atoms with Crippen LogP contribution in [-0.4, -0.2) is 28.8 Å². The molecule has 35 heavy (non-hydrogen) atoms. The van der Waals surface area contributed by atoms with Gasteiger partial charge in [-0.15, -0.1) is 0 Å². The standard InChI is InChI=1S/C26H25FN4O3S/c1-15-9-18(27)10-16(2)22(15)14-31-8-6-17-11-19(29-35(4,33)34)12-21(24(17)31)23-13-30(3)25-20(23)5-7-28-26(25)32/h5-13,29H,14H2,1-4H3,(H,28,32). The summed E-state index contributed by atoms with van der Waals surface area (Å²) < 4.78 is 44.3. The summed E-state index contributed by atoms with van der Waals surface area (Å²) in [5.74, 6) is -0.265. The fourth-order valence-corrected chi connectivity index (χ4v) is 5.45. The van der Waals surface area contributed by atoms with Gasteiger partial charge in [0.25, 0.3) is 5.56 Å². The van der Waals surface area contributed by atoms with Gasteiger partial charge in [0.15, 0.2) is 0 Å². The maximum atomic E-state index is 13.9. The lowest BCUT2D eigenvalue weighted by molar-refractivity contribution is 0.607. The fraction of sp³-hybridized carbons (Fsp3) is 0.192. The van der Waals surface area contributed by atoms with Gasteiger partial charge in [-0.05, 0) is 66.9 Å². The van der Waals surface area contributed by atoms with Gasteiger partial charge in [-0.25, -0.2) is 12.8 Å². The summed E-state index contributed by atoms with van der Waals surface area (Å²) in [5.41, 5.74) is 5.98. The average Bonchev–Trinajstić information content (AvgIpc) is 3.30. The minimum absolute atomic E-state index is 0.203. The molecule has 3 aromatic heterocycles.